The van der Waals surface area contributed by atoms with Crippen molar-refractivity contribution in [1.82, 2.24) is 9.88 Å². The molecule has 1 aromatic carbocycles. The molecule has 0 fully saturated rings. The molecule has 0 atom stereocenters. The number of benzene rings is 1. The van der Waals surface area contributed by atoms with Crippen LogP contribution in [0.25, 0.3) is 10.9 Å². The minimum atomic E-state index is -0.0186. The maximum Gasteiger partial charge on any atom is 0.243 e. The number of amides is 1. The van der Waals surface area contributed by atoms with Gasteiger partial charge in [-0.3, -0.25) is 4.79 Å². The zero-order chi connectivity index (χ0) is 12.8. The van der Waals surface area contributed by atoms with Gasteiger partial charge in [-0.05, 0) is 36.9 Å². The van der Waals surface area contributed by atoms with Crippen LogP contribution >= 0.6 is 0 Å². The fourth-order valence-electron chi connectivity index (χ4n) is 2.01. The fourth-order valence-corrected chi connectivity index (χ4v) is 2.01. The van der Waals surface area contributed by atoms with E-state index in [1.807, 2.05) is 19.1 Å². The van der Waals surface area contributed by atoms with E-state index in [-0.39, 0.29) is 5.91 Å². The van der Waals surface area contributed by atoms with E-state index in [1.54, 1.807) is 12.2 Å². The zero-order valence-electron chi connectivity index (χ0n) is 10.6. The Kier molecular flexibility index (Phi) is 4.18. The topological polar surface area (TPSA) is 34.0 Å². The summed E-state index contributed by atoms with van der Waals surface area (Å²) in [7, 11) is 0. The van der Waals surface area contributed by atoms with E-state index in [1.165, 1.54) is 10.9 Å². The normalized spacial score (nSPS) is 11.2. The van der Waals surface area contributed by atoms with E-state index in [0.717, 1.165) is 13.0 Å². The molecule has 0 aliphatic rings. The van der Waals surface area contributed by atoms with Crippen molar-refractivity contribution in [3.05, 3.63) is 48.7 Å². The van der Waals surface area contributed by atoms with Crippen molar-refractivity contribution in [1.29, 1.82) is 0 Å². The van der Waals surface area contributed by atoms with Crippen LogP contribution in [0.15, 0.2) is 48.7 Å². The first kappa shape index (κ1) is 12.4. The Bertz CT molecular complexity index is 554. The number of hydrogen-bond acceptors (Lipinski definition) is 1. The minimum absolute atomic E-state index is 0.0186. The Morgan fingerprint density at radius 3 is 3.00 bits per heavy atom. The molecule has 0 radical (unpaired) electrons. The Balaban J connectivity index is 1.85. The SMILES string of the molecule is C/C=C/C(=O)NCCCn1ccc2ccccc21. The molecule has 1 heterocycles. The highest BCUT2D eigenvalue weighted by molar-refractivity contribution is 5.87. The lowest BCUT2D eigenvalue weighted by molar-refractivity contribution is -0.116. The van der Waals surface area contributed by atoms with Crippen LogP contribution in [0.2, 0.25) is 0 Å². The summed E-state index contributed by atoms with van der Waals surface area (Å²) < 4.78 is 2.22. The molecule has 0 spiro atoms. The Morgan fingerprint density at radius 1 is 1.33 bits per heavy atom. The van der Waals surface area contributed by atoms with Crippen molar-refractivity contribution in [2.75, 3.05) is 6.54 Å². The lowest BCUT2D eigenvalue weighted by Gasteiger charge is -2.06. The van der Waals surface area contributed by atoms with E-state index in [9.17, 15) is 4.79 Å². The molecule has 1 N–H and O–H groups in total. The Hall–Kier alpha value is -2.03. The molecule has 0 aliphatic heterocycles. The molecule has 2 aromatic rings. The monoisotopic (exact) mass is 242 g/mol. The summed E-state index contributed by atoms with van der Waals surface area (Å²) in [4.78, 5) is 11.2. The van der Waals surface area contributed by atoms with Crippen molar-refractivity contribution in [3.63, 3.8) is 0 Å². The second-order valence-electron chi connectivity index (χ2n) is 4.21. The predicted octanol–water partition coefficient (Wildman–Crippen LogP) is 2.72. The van der Waals surface area contributed by atoms with Gasteiger partial charge in [0, 0.05) is 24.8 Å². The Morgan fingerprint density at radius 2 is 2.17 bits per heavy atom. The van der Waals surface area contributed by atoms with Crippen LogP contribution < -0.4 is 5.32 Å². The van der Waals surface area contributed by atoms with E-state index >= 15 is 0 Å². The predicted molar refractivity (Wildman–Crippen MR) is 74.4 cm³/mol. The molecule has 0 saturated carbocycles. The number of rotatable bonds is 5. The summed E-state index contributed by atoms with van der Waals surface area (Å²) in [6, 6.07) is 10.4. The van der Waals surface area contributed by atoms with Crippen molar-refractivity contribution in [2.45, 2.75) is 19.9 Å². The standard InChI is InChI=1S/C15H18N2O/c1-2-6-15(18)16-10-5-11-17-12-9-13-7-3-4-8-14(13)17/h2-4,6-9,12H,5,10-11H2,1H3,(H,16,18)/b6-2+. The quantitative estimate of drug-likeness (QED) is 0.635. The third kappa shape index (κ3) is 3.00. The molecule has 0 unspecified atom stereocenters. The van der Waals surface area contributed by atoms with Gasteiger partial charge in [0.2, 0.25) is 5.91 Å². The van der Waals surface area contributed by atoms with Gasteiger partial charge in [-0.2, -0.15) is 0 Å². The number of allylic oxidation sites excluding steroid dienone is 1. The highest BCUT2D eigenvalue weighted by atomic mass is 16.1. The van der Waals surface area contributed by atoms with Crippen LogP contribution in [0.5, 0.6) is 0 Å². The molecule has 0 saturated heterocycles. The van der Waals surface area contributed by atoms with Gasteiger partial charge in [0.05, 0.1) is 0 Å². The third-order valence-electron chi connectivity index (χ3n) is 2.87. The molecule has 3 heteroatoms. The molecule has 0 aliphatic carbocycles. The van der Waals surface area contributed by atoms with Gasteiger partial charge in [-0.25, -0.2) is 0 Å². The van der Waals surface area contributed by atoms with E-state index in [2.05, 4.69) is 34.3 Å². The van der Waals surface area contributed by atoms with Crippen molar-refractivity contribution < 1.29 is 4.79 Å². The van der Waals surface area contributed by atoms with Gasteiger partial charge < -0.3 is 9.88 Å². The first-order chi connectivity index (χ1) is 8.81. The van der Waals surface area contributed by atoms with Gasteiger partial charge >= 0.3 is 0 Å². The highest BCUT2D eigenvalue weighted by Crippen LogP contribution is 2.14. The maximum atomic E-state index is 11.2. The lowest BCUT2D eigenvalue weighted by atomic mass is 10.2. The van der Waals surface area contributed by atoms with Crippen LogP contribution in [-0.2, 0) is 11.3 Å². The third-order valence-corrected chi connectivity index (χ3v) is 2.87. The number of nitrogens with zero attached hydrogens (tertiary/aromatic N) is 1. The average molecular weight is 242 g/mol. The van der Waals surface area contributed by atoms with Crippen LogP contribution in [-0.4, -0.2) is 17.0 Å². The summed E-state index contributed by atoms with van der Waals surface area (Å²) >= 11 is 0. The number of nitrogens with one attached hydrogen (secondary N) is 1. The molecule has 1 aromatic heterocycles. The molecule has 18 heavy (non-hydrogen) atoms. The summed E-state index contributed by atoms with van der Waals surface area (Å²) in [6.07, 6.45) is 6.32. The van der Waals surface area contributed by atoms with E-state index in [0.29, 0.717) is 6.54 Å². The number of aromatic nitrogens is 1. The van der Waals surface area contributed by atoms with Crippen molar-refractivity contribution >= 4 is 16.8 Å². The zero-order valence-corrected chi connectivity index (χ0v) is 10.6. The number of hydrogen-bond donors (Lipinski definition) is 1. The van der Waals surface area contributed by atoms with Gasteiger partial charge in [0.15, 0.2) is 0 Å². The average Bonchev–Trinajstić information content (AvgIpc) is 2.78. The van der Waals surface area contributed by atoms with Crippen LogP contribution in [0.4, 0.5) is 0 Å². The first-order valence-electron chi connectivity index (χ1n) is 6.25. The summed E-state index contributed by atoms with van der Waals surface area (Å²) in [5, 5.41) is 4.11. The summed E-state index contributed by atoms with van der Waals surface area (Å²) in [5.41, 5.74) is 1.25. The van der Waals surface area contributed by atoms with Gasteiger partial charge in [-0.1, -0.05) is 24.3 Å². The molecular formula is C15H18N2O. The molecule has 0 bridgehead atoms. The first-order valence-corrected chi connectivity index (χ1v) is 6.25. The summed E-state index contributed by atoms with van der Waals surface area (Å²) in [5.74, 6) is -0.0186. The lowest BCUT2D eigenvalue weighted by Crippen LogP contribution is -2.22. The number of aryl methyl sites for hydroxylation is 1. The molecule has 94 valence electrons. The number of fused-ring (bicyclic) bond motifs is 1. The van der Waals surface area contributed by atoms with E-state index in [4.69, 9.17) is 0 Å². The van der Waals surface area contributed by atoms with Gasteiger partial charge in [0.1, 0.15) is 0 Å². The Labute approximate surface area is 107 Å². The highest BCUT2D eigenvalue weighted by Gasteiger charge is 1.99. The largest absolute Gasteiger partial charge is 0.352 e. The maximum absolute atomic E-state index is 11.2. The smallest absolute Gasteiger partial charge is 0.243 e. The van der Waals surface area contributed by atoms with Gasteiger partial charge in [-0.15, -0.1) is 0 Å². The molecule has 1 amide bonds. The molecule has 3 nitrogen and oxygen atoms in total. The second kappa shape index (κ2) is 6.05. The fraction of sp³-hybridized carbons (Fsp3) is 0.267. The van der Waals surface area contributed by atoms with Gasteiger partial charge in [0.25, 0.3) is 0 Å². The number of carbonyl (C=O) groups is 1. The van der Waals surface area contributed by atoms with Crippen LogP contribution in [0.3, 0.4) is 0 Å². The minimum Gasteiger partial charge on any atom is -0.352 e. The second-order valence-corrected chi connectivity index (χ2v) is 4.21. The van der Waals surface area contributed by atoms with E-state index < -0.39 is 0 Å². The molecular weight excluding hydrogens is 224 g/mol. The number of carbonyl (C=O) groups excluding carboxylic acids is 1. The van der Waals surface area contributed by atoms with Crippen molar-refractivity contribution in [2.24, 2.45) is 0 Å². The summed E-state index contributed by atoms with van der Waals surface area (Å²) in [6.45, 7) is 3.46. The van der Waals surface area contributed by atoms with Crippen molar-refractivity contribution in [3.8, 4) is 0 Å². The van der Waals surface area contributed by atoms with Crippen LogP contribution in [0.1, 0.15) is 13.3 Å². The number of para-hydroxylation sites is 1. The van der Waals surface area contributed by atoms with Crippen LogP contribution in [0, 0.1) is 0 Å². The molecule has 2 rings (SSSR count).